The molecule has 0 aliphatic rings. The Balaban J connectivity index is 1.43. The number of aryl methyl sites for hydroxylation is 1. The van der Waals surface area contributed by atoms with Crippen molar-refractivity contribution in [2.45, 2.75) is 26.9 Å². The molecule has 7 nitrogen and oxygen atoms in total. The first-order valence-corrected chi connectivity index (χ1v) is 10.8. The van der Waals surface area contributed by atoms with E-state index in [9.17, 15) is 14.4 Å². The third-order valence-electron chi connectivity index (χ3n) is 5.56. The molecule has 0 atom stereocenters. The third kappa shape index (κ3) is 4.73. The number of Topliss-reactive ketones (excluding diaryl/α,β-unsaturated/α-hetero) is 1. The fourth-order valence-electron chi connectivity index (χ4n) is 3.75. The Labute approximate surface area is 195 Å². The van der Waals surface area contributed by atoms with Crippen LogP contribution >= 0.6 is 11.6 Å². The number of para-hydroxylation sites is 1. The average Bonchev–Trinajstić information content (AvgIpc) is 3.09. The first-order chi connectivity index (χ1) is 15.8. The van der Waals surface area contributed by atoms with Crippen LogP contribution in [0.2, 0.25) is 5.02 Å². The number of aromatic nitrogens is 3. The van der Waals surface area contributed by atoms with E-state index in [1.54, 1.807) is 30.3 Å². The largest absolute Gasteiger partial charge is 0.456 e. The van der Waals surface area contributed by atoms with Gasteiger partial charge in [-0.3, -0.25) is 19.0 Å². The molecule has 0 unspecified atom stereocenters. The molecule has 0 aliphatic carbocycles. The van der Waals surface area contributed by atoms with Gasteiger partial charge in [0.1, 0.15) is 6.54 Å². The fraction of sp³-hybridized carbons (Fsp3) is 0.200. The number of ether oxygens (including phenoxy) is 1. The molecule has 0 saturated carbocycles. The van der Waals surface area contributed by atoms with Gasteiger partial charge in [0.25, 0.3) is 5.56 Å². The summed E-state index contributed by atoms with van der Waals surface area (Å²) in [4.78, 5) is 41.7. The number of nitrogens with zero attached hydrogens (tertiary/aromatic N) is 3. The second-order valence-corrected chi connectivity index (χ2v) is 8.15. The lowest BCUT2D eigenvalue weighted by molar-refractivity contribution is -0.143. The van der Waals surface area contributed by atoms with Crippen molar-refractivity contribution in [1.82, 2.24) is 14.1 Å². The molecule has 4 aromatic rings. The first kappa shape index (κ1) is 22.5. The SMILES string of the molecule is Cc1cc(C(=O)COC(=O)Cn2cnc3ccccc3c2=O)c(C)n1Cc1ccccc1Cl. The smallest absolute Gasteiger partial charge is 0.326 e. The maximum atomic E-state index is 12.8. The predicted octanol–water partition coefficient (Wildman–Crippen LogP) is 3.94. The van der Waals surface area contributed by atoms with Gasteiger partial charge in [0.2, 0.25) is 5.78 Å². The van der Waals surface area contributed by atoms with Gasteiger partial charge in [-0.2, -0.15) is 0 Å². The molecule has 2 aromatic carbocycles. The van der Waals surface area contributed by atoms with Crippen molar-refractivity contribution in [2.75, 3.05) is 6.61 Å². The summed E-state index contributed by atoms with van der Waals surface area (Å²) in [6.07, 6.45) is 1.30. The van der Waals surface area contributed by atoms with Gasteiger partial charge in [-0.15, -0.1) is 0 Å². The Morgan fingerprint density at radius 1 is 1.06 bits per heavy atom. The highest BCUT2D eigenvalue weighted by atomic mass is 35.5. The summed E-state index contributed by atoms with van der Waals surface area (Å²) in [5.41, 5.74) is 3.30. The van der Waals surface area contributed by atoms with E-state index in [0.717, 1.165) is 17.0 Å². The minimum atomic E-state index is -0.688. The number of hydrogen-bond acceptors (Lipinski definition) is 5. The molecule has 0 radical (unpaired) electrons. The van der Waals surface area contributed by atoms with Crippen molar-refractivity contribution in [2.24, 2.45) is 0 Å². The molecule has 0 bridgehead atoms. The molecule has 8 heteroatoms. The fourth-order valence-corrected chi connectivity index (χ4v) is 3.95. The predicted molar refractivity (Wildman–Crippen MR) is 126 cm³/mol. The van der Waals surface area contributed by atoms with Crippen LogP contribution in [0.1, 0.15) is 27.3 Å². The molecular weight excluding hydrogens is 442 g/mol. The summed E-state index contributed by atoms with van der Waals surface area (Å²) >= 11 is 6.28. The topological polar surface area (TPSA) is 83.2 Å². The number of rotatable bonds is 7. The molecule has 0 amide bonds. The van der Waals surface area contributed by atoms with Crippen LogP contribution in [0.3, 0.4) is 0 Å². The third-order valence-corrected chi connectivity index (χ3v) is 5.92. The van der Waals surface area contributed by atoms with Crippen LogP contribution in [0, 0.1) is 13.8 Å². The highest BCUT2D eigenvalue weighted by Crippen LogP contribution is 2.21. The number of esters is 1. The van der Waals surface area contributed by atoms with Crippen molar-refractivity contribution >= 4 is 34.3 Å². The Bertz CT molecular complexity index is 1420. The van der Waals surface area contributed by atoms with Gasteiger partial charge in [-0.05, 0) is 43.7 Å². The monoisotopic (exact) mass is 463 g/mol. The van der Waals surface area contributed by atoms with E-state index >= 15 is 0 Å². The maximum absolute atomic E-state index is 12.8. The Hall–Kier alpha value is -3.71. The molecule has 0 spiro atoms. The standard InChI is InChI=1S/C25H22ClN3O4/c1-16-11-20(17(2)29(16)12-18-7-3-5-9-21(18)26)23(30)14-33-24(31)13-28-15-27-22-10-6-4-8-19(22)25(28)32/h3-11,15H,12-14H2,1-2H3. The summed E-state index contributed by atoms with van der Waals surface area (Å²) in [6, 6.07) is 16.2. The quantitative estimate of drug-likeness (QED) is 0.306. The highest BCUT2D eigenvalue weighted by Gasteiger charge is 2.18. The number of ketones is 1. The van der Waals surface area contributed by atoms with Crippen LogP contribution in [0.25, 0.3) is 10.9 Å². The zero-order chi connectivity index (χ0) is 23.5. The van der Waals surface area contributed by atoms with Crippen molar-refractivity contribution in [3.8, 4) is 0 Å². The Morgan fingerprint density at radius 2 is 1.79 bits per heavy atom. The second kappa shape index (κ2) is 9.42. The van der Waals surface area contributed by atoms with Crippen LogP contribution in [0.15, 0.2) is 65.7 Å². The summed E-state index contributed by atoms with van der Waals surface area (Å²) in [5.74, 6) is -1.00. The van der Waals surface area contributed by atoms with Crippen molar-refractivity contribution in [1.29, 1.82) is 0 Å². The van der Waals surface area contributed by atoms with Gasteiger partial charge >= 0.3 is 5.97 Å². The molecule has 168 valence electrons. The van der Waals surface area contributed by atoms with Crippen LogP contribution in [0.4, 0.5) is 0 Å². The molecule has 0 saturated heterocycles. The lowest BCUT2D eigenvalue weighted by atomic mass is 10.1. The Morgan fingerprint density at radius 3 is 2.58 bits per heavy atom. The van der Waals surface area contributed by atoms with E-state index in [1.165, 1.54) is 10.9 Å². The Kier molecular flexibility index (Phi) is 6.42. The molecule has 0 aliphatic heterocycles. The normalized spacial score (nSPS) is 11.0. The van der Waals surface area contributed by atoms with Gasteiger partial charge in [0, 0.05) is 28.5 Å². The van der Waals surface area contributed by atoms with Crippen molar-refractivity contribution in [3.05, 3.63) is 98.8 Å². The number of carbonyl (C=O) groups is 2. The van der Waals surface area contributed by atoms with E-state index < -0.39 is 12.6 Å². The molecule has 2 aromatic heterocycles. The van der Waals surface area contributed by atoms with Crippen molar-refractivity contribution < 1.29 is 14.3 Å². The van der Waals surface area contributed by atoms with E-state index in [4.69, 9.17) is 16.3 Å². The van der Waals surface area contributed by atoms with Gasteiger partial charge < -0.3 is 9.30 Å². The second-order valence-electron chi connectivity index (χ2n) is 7.74. The lowest BCUT2D eigenvalue weighted by Crippen LogP contribution is -2.26. The van der Waals surface area contributed by atoms with Gasteiger partial charge in [0.05, 0.1) is 17.2 Å². The van der Waals surface area contributed by atoms with Gasteiger partial charge in [-0.25, -0.2) is 4.98 Å². The minimum Gasteiger partial charge on any atom is -0.456 e. The lowest BCUT2D eigenvalue weighted by Gasteiger charge is -2.11. The van der Waals surface area contributed by atoms with Gasteiger partial charge in [-0.1, -0.05) is 41.9 Å². The molecule has 0 N–H and O–H groups in total. The summed E-state index contributed by atoms with van der Waals surface area (Å²) < 4.78 is 8.33. The van der Waals surface area contributed by atoms with Crippen LogP contribution in [-0.4, -0.2) is 32.5 Å². The number of carbonyl (C=O) groups excluding carboxylic acids is 2. The van der Waals surface area contributed by atoms with Crippen LogP contribution < -0.4 is 5.56 Å². The maximum Gasteiger partial charge on any atom is 0.326 e. The summed E-state index contributed by atoms with van der Waals surface area (Å²) in [6.45, 7) is 3.55. The molecular formula is C25H22ClN3O4. The molecule has 0 fully saturated rings. The van der Waals surface area contributed by atoms with E-state index in [0.29, 0.717) is 28.0 Å². The van der Waals surface area contributed by atoms with Gasteiger partial charge in [0.15, 0.2) is 6.61 Å². The zero-order valence-electron chi connectivity index (χ0n) is 18.2. The van der Waals surface area contributed by atoms with Crippen LogP contribution in [-0.2, 0) is 22.6 Å². The minimum absolute atomic E-state index is 0.314. The number of benzene rings is 2. The zero-order valence-corrected chi connectivity index (χ0v) is 19.0. The van der Waals surface area contributed by atoms with Crippen molar-refractivity contribution in [3.63, 3.8) is 0 Å². The molecule has 4 rings (SSSR count). The number of fused-ring (bicyclic) bond motifs is 1. The summed E-state index contributed by atoms with van der Waals surface area (Å²) in [5, 5.41) is 1.07. The number of halogens is 1. The summed E-state index contributed by atoms with van der Waals surface area (Å²) in [7, 11) is 0. The van der Waals surface area contributed by atoms with E-state index in [2.05, 4.69) is 4.98 Å². The highest BCUT2D eigenvalue weighted by molar-refractivity contribution is 6.31. The first-order valence-electron chi connectivity index (χ1n) is 10.4. The van der Waals surface area contributed by atoms with E-state index in [-0.39, 0.29) is 17.9 Å². The molecule has 33 heavy (non-hydrogen) atoms. The molecule has 2 heterocycles. The van der Waals surface area contributed by atoms with E-state index in [1.807, 2.05) is 42.7 Å². The average molecular weight is 464 g/mol. The number of hydrogen-bond donors (Lipinski definition) is 0. The van der Waals surface area contributed by atoms with Crippen LogP contribution in [0.5, 0.6) is 0 Å².